The third-order valence-corrected chi connectivity index (χ3v) is 2.16. The summed E-state index contributed by atoms with van der Waals surface area (Å²) in [6, 6.07) is 9.03. The maximum absolute atomic E-state index is 13.7. The van der Waals surface area contributed by atoms with Gasteiger partial charge in [-0.1, -0.05) is 38.1 Å². The summed E-state index contributed by atoms with van der Waals surface area (Å²) in [7, 11) is 0. The van der Waals surface area contributed by atoms with E-state index in [0.29, 0.717) is 11.1 Å². The quantitative estimate of drug-likeness (QED) is 0.696. The van der Waals surface area contributed by atoms with E-state index in [9.17, 15) is 4.39 Å². The molecule has 0 atom stereocenters. The van der Waals surface area contributed by atoms with Gasteiger partial charge in [0.15, 0.2) is 0 Å². The first kappa shape index (κ1) is 12.4. The van der Waals surface area contributed by atoms with Crippen LogP contribution in [0.25, 0.3) is 11.1 Å². The first-order valence-electron chi connectivity index (χ1n) is 5.44. The molecule has 0 spiro atoms. The van der Waals surface area contributed by atoms with E-state index in [-0.39, 0.29) is 5.82 Å². The van der Waals surface area contributed by atoms with E-state index in [1.54, 1.807) is 37.5 Å². The van der Waals surface area contributed by atoms with Gasteiger partial charge in [-0.3, -0.25) is 4.98 Å². The molecule has 0 saturated carbocycles. The molecule has 0 aliphatic rings. The number of halogens is 1. The molecule has 1 heterocycles. The maximum atomic E-state index is 13.7. The Bertz CT molecular complexity index is 438. The van der Waals surface area contributed by atoms with Crippen molar-refractivity contribution < 1.29 is 4.39 Å². The Labute approximate surface area is 96.0 Å². The van der Waals surface area contributed by atoms with E-state index in [4.69, 9.17) is 0 Å². The summed E-state index contributed by atoms with van der Waals surface area (Å²) in [6.45, 7) is 5.76. The highest BCUT2D eigenvalue weighted by Gasteiger charge is 2.05. The van der Waals surface area contributed by atoms with Crippen molar-refractivity contribution in [3.8, 4) is 11.1 Å². The molecule has 16 heavy (non-hydrogen) atoms. The minimum Gasteiger partial charge on any atom is -0.264 e. The molecule has 2 aromatic rings. The first-order valence-corrected chi connectivity index (χ1v) is 5.44. The molecule has 0 aliphatic heterocycles. The van der Waals surface area contributed by atoms with Crippen LogP contribution in [0.5, 0.6) is 0 Å². The molecule has 84 valence electrons. The summed E-state index contributed by atoms with van der Waals surface area (Å²) in [5.74, 6) is -0.166. The fraction of sp³-hybridized carbons (Fsp3) is 0.214. The zero-order valence-corrected chi connectivity index (χ0v) is 9.87. The fourth-order valence-corrected chi connectivity index (χ4v) is 1.39. The standard InChI is InChI=1S/C12H10FN.C2H6/c1-9-4-2-6-11(12(9)13)10-5-3-7-14-8-10;1-2/h2-8H,1H3;1-2H3. The van der Waals surface area contributed by atoms with E-state index in [0.717, 1.165) is 5.56 Å². The normalized spacial score (nSPS) is 9.25. The third kappa shape index (κ3) is 2.66. The fourth-order valence-electron chi connectivity index (χ4n) is 1.39. The van der Waals surface area contributed by atoms with Crippen LogP contribution in [0.2, 0.25) is 0 Å². The first-order chi connectivity index (χ1) is 7.79. The van der Waals surface area contributed by atoms with E-state index in [2.05, 4.69) is 4.98 Å². The minimum absolute atomic E-state index is 0.166. The van der Waals surface area contributed by atoms with Crippen LogP contribution >= 0.6 is 0 Å². The lowest BCUT2D eigenvalue weighted by molar-refractivity contribution is 0.622. The molecular weight excluding hydrogens is 201 g/mol. The molecule has 1 nitrogen and oxygen atoms in total. The highest BCUT2D eigenvalue weighted by atomic mass is 19.1. The molecule has 1 aromatic heterocycles. The molecule has 2 heteroatoms. The third-order valence-electron chi connectivity index (χ3n) is 2.16. The van der Waals surface area contributed by atoms with Crippen LogP contribution in [0.15, 0.2) is 42.7 Å². The van der Waals surface area contributed by atoms with Gasteiger partial charge in [-0.05, 0) is 18.6 Å². The second-order valence-corrected chi connectivity index (χ2v) is 3.18. The van der Waals surface area contributed by atoms with Crippen molar-refractivity contribution in [2.24, 2.45) is 0 Å². The average molecular weight is 217 g/mol. The van der Waals surface area contributed by atoms with Gasteiger partial charge >= 0.3 is 0 Å². The molecule has 1 aromatic carbocycles. The summed E-state index contributed by atoms with van der Waals surface area (Å²) < 4.78 is 13.7. The summed E-state index contributed by atoms with van der Waals surface area (Å²) in [5, 5.41) is 0. The molecular formula is C14H16FN. The van der Waals surface area contributed by atoms with Gasteiger partial charge < -0.3 is 0 Å². The summed E-state index contributed by atoms with van der Waals surface area (Å²) in [5.41, 5.74) is 2.08. The average Bonchev–Trinajstić information content (AvgIpc) is 2.36. The van der Waals surface area contributed by atoms with Crippen LogP contribution in [0.4, 0.5) is 4.39 Å². The lowest BCUT2D eigenvalue weighted by atomic mass is 10.0. The second kappa shape index (κ2) is 6.01. The lowest BCUT2D eigenvalue weighted by Gasteiger charge is -2.04. The van der Waals surface area contributed by atoms with Crippen molar-refractivity contribution in [2.75, 3.05) is 0 Å². The topological polar surface area (TPSA) is 12.9 Å². The number of benzene rings is 1. The number of pyridine rings is 1. The maximum Gasteiger partial charge on any atom is 0.133 e. The molecule has 0 N–H and O–H groups in total. The summed E-state index contributed by atoms with van der Waals surface area (Å²) in [6.07, 6.45) is 3.34. The Kier molecular flexibility index (Phi) is 4.65. The van der Waals surface area contributed by atoms with Gasteiger partial charge in [0.05, 0.1) is 0 Å². The van der Waals surface area contributed by atoms with E-state index in [1.807, 2.05) is 26.0 Å². The molecule has 0 saturated heterocycles. The Balaban J connectivity index is 0.000000606. The number of aromatic nitrogens is 1. The van der Waals surface area contributed by atoms with Gasteiger partial charge in [-0.25, -0.2) is 4.39 Å². The zero-order chi connectivity index (χ0) is 12.0. The van der Waals surface area contributed by atoms with E-state index < -0.39 is 0 Å². The number of hydrogen-bond donors (Lipinski definition) is 0. The van der Waals surface area contributed by atoms with Crippen LogP contribution in [0.3, 0.4) is 0 Å². The van der Waals surface area contributed by atoms with E-state index in [1.165, 1.54) is 0 Å². The Morgan fingerprint density at radius 1 is 1.06 bits per heavy atom. The van der Waals surface area contributed by atoms with Crippen LogP contribution < -0.4 is 0 Å². The largest absolute Gasteiger partial charge is 0.264 e. The number of nitrogens with zero attached hydrogens (tertiary/aromatic N) is 1. The summed E-state index contributed by atoms with van der Waals surface area (Å²) >= 11 is 0. The molecule has 0 amide bonds. The molecule has 0 aliphatic carbocycles. The van der Waals surface area contributed by atoms with Gasteiger partial charge in [0.25, 0.3) is 0 Å². The van der Waals surface area contributed by atoms with E-state index >= 15 is 0 Å². The van der Waals surface area contributed by atoms with Gasteiger partial charge in [0.2, 0.25) is 0 Å². The van der Waals surface area contributed by atoms with Gasteiger partial charge in [-0.2, -0.15) is 0 Å². The predicted molar refractivity (Wildman–Crippen MR) is 65.7 cm³/mol. The Morgan fingerprint density at radius 3 is 2.44 bits per heavy atom. The van der Waals surface area contributed by atoms with Crippen molar-refractivity contribution in [3.05, 3.63) is 54.1 Å². The number of aryl methyl sites for hydroxylation is 1. The summed E-state index contributed by atoms with van der Waals surface area (Å²) in [4.78, 5) is 3.97. The monoisotopic (exact) mass is 217 g/mol. The van der Waals surface area contributed by atoms with Crippen LogP contribution in [-0.2, 0) is 0 Å². The lowest BCUT2D eigenvalue weighted by Crippen LogP contribution is -1.88. The molecule has 0 unspecified atom stereocenters. The second-order valence-electron chi connectivity index (χ2n) is 3.18. The van der Waals surface area contributed by atoms with Crippen molar-refractivity contribution >= 4 is 0 Å². The molecule has 0 bridgehead atoms. The van der Waals surface area contributed by atoms with Gasteiger partial charge in [0.1, 0.15) is 5.82 Å². The van der Waals surface area contributed by atoms with Crippen molar-refractivity contribution in [3.63, 3.8) is 0 Å². The van der Waals surface area contributed by atoms with Gasteiger partial charge in [0, 0.05) is 23.5 Å². The van der Waals surface area contributed by atoms with Crippen LogP contribution in [0.1, 0.15) is 19.4 Å². The van der Waals surface area contributed by atoms with Crippen LogP contribution in [0, 0.1) is 12.7 Å². The molecule has 0 radical (unpaired) electrons. The van der Waals surface area contributed by atoms with Crippen LogP contribution in [-0.4, -0.2) is 4.98 Å². The number of hydrogen-bond acceptors (Lipinski definition) is 1. The Morgan fingerprint density at radius 2 is 1.81 bits per heavy atom. The van der Waals surface area contributed by atoms with Crippen molar-refractivity contribution in [1.29, 1.82) is 0 Å². The predicted octanol–water partition coefficient (Wildman–Crippen LogP) is 4.22. The molecule has 2 rings (SSSR count). The highest BCUT2D eigenvalue weighted by Crippen LogP contribution is 2.23. The molecule has 0 fully saturated rings. The zero-order valence-electron chi connectivity index (χ0n) is 9.87. The number of rotatable bonds is 1. The van der Waals surface area contributed by atoms with Crippen molar-refractivity contribution in [2.45, 2.75) is 20.8 Å². The highest BCUT2D eigenvalue weighted by molar-refractivity contribution is 5.63. The minimum atomic E-state index is -0.166. The smallest absolute Gasteiger partial charge is 0.133 e. The van der Waals surface area contributed by atoms with Gasteiger partial charge in [-0.15, -0.1) is 0 Å². The SMILES string of the molecule is CC.Cc1cccc(-c2cccnc2)c1F. The Hall–Kier alpha value is -1.70. The van der Waals surface area contributed by atoms with Crippen molar-refractivity contribution in [1.82, 2.24) is 4.98 Å².